The van der Waals surface area contributed by atoms with Gasteiger partial charge in [0, 0.05) is 42.4 Å². The van der Waals surface area contributed by atoms with Gasteiger partial charge >= 0.3 is 5.97 Å². The number of nitrogens with one attached hydrogen (secondary N) is 1. The maximum Gasteiger partial charge on any atom is 0.338 e. The molecule has 234 valence electrons. The van der Waals surface area contributed by atoms with Crippen LogP contribution in [-0.2, 0) is 19.9 Å². The smallest absolute Gasteiger partial charge is 0.338 e. The summed E-state index contributed by atoms with van der Waals surface area (Å²) in [5.41, 5.74) is -0.705. The quantitative estimate of drug-likeness (QED) is 0.221. The average Bonchev–Trinajstić information content (AvgIpc) is 3.77. The molecular formula is C33H27ClFN5O6. The lowest BCUT2D eigenvalue weighted by Crippen LogP contribution is -2.54. The molecule has 0 bridgehead atoms. The van der Waals surface area contributed by atoms with Crippen molar-refractivity contribution >= 4 is 46.4 Å². The second kappa shape index (κ2) is 10.9. The van der Waals surface area contributed by atoms with Gasteiger partial charge in [-0.15, -0.1) is 0 Å². The molecule has 0 radical (unpaired) electrons. The molecule has 4 aliphatic rings. The van der Waals surface area contributed by atoms with Crippen LogP contribution >= 0.6 is 11.6 Å². The lowest BCUT2D eigenvalue weighted by Gasteiger charge is -2.40. The Morgan fingerprint density at radius 2 is 1.98 bits per heavy atom. The van der Waals surface area contributed by atoms with Crippen LogP contribution in [0.2, 0.25) is 5.02 Å². The van der Waals surface area contributed by atoms with E-state index in [2.05, 4.69) is 11.4 Å². The number of nitro benzene ring substituents is 1. The van der Waals surface area contributed by atoms with Crippen molar-refractivity contribution in [1.29, 1.82) is 5.26 Å². The van der Waals surface area contributed by atoms with Gasteiger partial charge in [0.15, 0.2) is 0 Å². The molecule has 1 aliphatic carbocycles. The molecule has 7 rings (SSSR count). The number of anilines is 2. The molecule has 11 nitrogen and oxygen atoms in total. The van der Waals surface area contributed by atoms with Crippen LogP contribution in [0.4, 0.5) is 21.5 Å². The number of benzene rings is 3. The number of carbonyl (C=O) groups excluding carboxylic acids is 3. The van der Waals surface area contributed by atoms with Crippen LogP contribution in [0.25, 0.3) is 0 Å². The lowest BCUT2D eigenvalue weighted by atomic mass is 9.70. The van der Waals surface area contributed by atoms with Crippen LogP contribution < -0.4 is 10.2 Å². The highest BCUT2D eigenvalue weighted by Gasteiger charge is 2.70. The van der Waals surface area contributed by atoms with Gasteiger partial charge < -0.3 is 15.0 Å². The Kier molecular flexibility index (Phi) is 7.06. The van der Waals surface area contributed by atoms with Gasteiger partial charge in [-0.3, -0.25) is 24.6 Å². The van der Waals surface area contributed by atoms with Gasteiger partial charge in [-0.2, -0.15) is 5.26 Å². The third-order valence-corrected chi connectivity index (χ3v) is 10.1. The van der Waals surface area contributed by atoms with Gasteiger partial charge in [0.1, 0.15) is 17.0 Å². The van der Waals surface area contributed by atoms with Crippen molar-refractivity contribution in [3.8, 4) is 6.07 Å². The normalized spacial score (nSPS) is 25.2. The number of rotatable bonds is 6. The molecular weight excluding hydrogens is 617 g/mol. The highest BCUT2D eigenvalue weighted by molar-refractivity contribution is 6.30. The maximum atomic E-state index is 16.2. The number of nitriles is 1. The number of fused-ring (bicyclic) bond motifs is 3. The fourth-order valence-corrected chi connectivity index (χ4v) is 7.89. The van der Waals surface area contributed by atoms with E-state index in [4.69, 9.17) is 16.3 Å². The topological polar surface area (TPSA) is 146 Å². The SMILES string of the molecule is COC(=O)c1ccc(N2CC[C@H]3[C@@H](C2=O)[C@H](c2cccc(Cl)c2F)[C@]2(C(=O)Nc4cc(C#N)ccc42)N3CC2CC2)c([N+](=O)[O-])c1. The summed E-state index contributed by atoms with van der Waals surface area (Å²) < 4.78 is 20.9. The summed E-state index contributed by atoms with van der Waals surface area (Å²) in [6.07, 6.45) is 2.22. The monoisotopic (exact) mass is 643 g/mol. The molecule has 1 N–H and O–H groups in total. The zero-order chi connectivity index (χ0) is 32.5. The fraction of sp³-hybridized carbons (Fsp3) is 0.333. The molecule has 0 unspecified atom stereocenters. The number of nitro groups is 1. The fourth-order valence-electron chi connectivity index (χ4n) is 7.71. The summed E-state index contributed by atoms with van der Waals surface area (Å²) in [5.74, 6) is -4.29. The van der Waals surface area contributed by atoms with Crippen molar-refractivity contribution in [3.05, 3.63) is 97.8 Å². The van der Waals surface area contributed by atoms with E-state index in [1.54, 1.807) is 24.3 Å². The standard InChI is InChI=1S/C33H27ClFN5O6/c1-46-31(42)19-8-10-24(26(14-19)40(44)45)38-12-11-25-27(30(38)41)28(20-3-2-4-22(34)29(20)35)33(39(25)16-17-5-6-17)21-9-7-18(15-36)13-23(21)37-32(33)43/h2-4,7-10,13-14,17,25,27-28H,5-6,11-12,16H2,1H3,(H,37,43)/t25-,27+,28-,33+/m0/s1. The Labute approximate surface area is 267 Å². The Hall–Kier alpha value is -4.86. The highest BCUT2D eigenvalue weighted by Crippen LogP contribution is 2.62. The highest BCUT2D eigenvalue weighted by atomic mass is 35.5. The minimum atomic E-state index is -1.53. The predicted molar refractivity (Wildman–Crippen MR) is 164 cm³/mol. The summed E-state index contributed by atoms with van der Waals surface area (Å²) in [6.45, 7) is 0.566. The van der Waals surface area contributed by atoms with E-state index in [0.717, 1.165) is 26.0 Å². The Bertz CT molecular complexity index is 1890. The zero-order valence-corrected chi connectivity index (χ0v) is 25.3. The zero-order valence-electron chi connectivity index (χ0n) is 24.5. The first-order valence-electron chi connectivity index (χ1n) is 14.9. The number of piperidine rings is 1. The van der Waals surface area contributed by atoms with E-state index in [0.29, 0.717) is 29.8 Å². The molecule has 1 spiro atoms. The van der Waals surface area contributed by atoms with Crippen molar-refractivity contribution in [3.63, 3.8) is 0 Å². The molecule has 3 aromatic rings. The van der Waals surface area contributed by atoms with E-state index in [1.807, 2.05) is 4.90 Å². The Morgan fingerprint density at radius 1 is 1.20 bits per heavy atom. The maximum absolute atomic E-state index is 16.2. The third kappa shape index (κ3) is 4.29. The van der Waals surface area contributed by atoms with Crippen molar-refractivity contribution in [2.45, 2.75) is 36.8 Å². The van der Waals surface area contributed by atoms with E-state index in [9.17, 15) is 29.8 Å². The van der Waals surface area contributed by atoms with Crippen molar-refractivity contribution in [2.24, 2.45) is 11.8 Å². The Balaban J connectivity index is 1.44. The van der Waals surface area contributed by atoms with Gasteiger partial charge in [0.25, 0.3) is 5.69 Å². The summed E-state index contributed by atoms with van der Waals surface area (Å²) in [4.78, 5) is 56.3. The van der Waals surface area contributed by atoms with E-state index >= 15 is 4.39 Å². The van der Waals surface area contributed by atoms with Crippen molar-refractivity contribution in [1.82, 2.24) is 4.90 Å². The lowest BCUT2D eigenvalue weighted by molar-refractivity contribution is -0.384. The number of hydrogen-bond donors (Lipinski definition) is 1. The minimum Gasteiger partial charge on any atom is -0.465 e. The number of likely N-dealkylation sites (tertiary alicyclic amines) is 1. The first kappa shape index (κ1) is 29.8. The number of methoxy groups -OCH3 is 1. The van der Waals surface area contributed by atoms with Crippen LogP contribution in [0.3, 0.4) is 0 Å². The van der Waals surface area contributed by atoms with Crippen LogP contribution in [0.1, 0.15) is 52.2 Å². The van der Waals surface area contributed by atoms with Gasteiger partial charge in [0.05, 0.1) is 40.2 Å². The average molecular weight is 644 g/mol. The summed E-state index contributed by atoms with van der Waals surface area (Å²) >= 11 is 6.31. The Morgan fingerprint density at radius 3 is 2.67 bits per heavy atom. The molecule has 13 heteroatoms. The van der Waals surface area contributed by atoms with Gasteiger partial charge in [-0.1, -0.05) is 29.8 Å². The van der Waals surface area contributed by atoms with Crippen LogP contribution in [0.5, 0.6) is 0 Å². The number of nitrogens with zero attached hydrogens (tertiary/aromatic N) is 4. The van der Waals surface area contributed by atoms with Gasteiger partial charge in [0.2, 0.25) is 11.8 Å². The number of carbonyl (C=O) groups is 3. The van der Waals surface area contributed by atoms with Crippen LogP contribution in [-0.4, -0.2) is 53.8 Å². The predicted octanol–water partition coefficient (Wildman–Crippen LogP) is 5.12. The van der Waals surface area contributed by atoms with E-state index < -0.39 is 57.6 Å². The molecule has 3 aliphatic heterocycles. The summed E-state index contributed by atoms with van der Waals surface area (Å²) in [5, 5.41) is 24.5. The van der Waals surface area contributed by atoms with Crippen molar-refractivity contribution in [2.75, 3.05) is 30.4 Å². The number of ether oxygens (including phenoxy) is 1. The molecule has 2 saturated heterocycles. The molecule has 3 fully saturated rings. The second-order valence-electron chi connectivity index (χ2n) is 12.1. The number of hydrogen-bond acceptors (Lipinski definition) is 8. The summed E-state index contributed by atoms with van der Waals surface area (Å²) in [7, 11) is 1.16. The van der Waals surface area contributed by atoms with Crippen LogP contribution in [0.15, 0.2) is 54.6 Å². The number of amides is 2. The largest absolute Gasteiger partial charge is 0.465 e. The first-order valence-corrected chi connectivity index (χ1v) is 15.2. The van der Waals surface area contributed by atoms with Gasteiger partial charge in [-0.25, -0.2) is 9.18 Å². The van der Waals surface area contributed by atoms with E-state index in [-0.39, 0.29) is 34.3 Å². The second-order valence-corrected chi connectivity index (χ2v) is 12.5. The third-order valence-electron chi connectivity index (χ3n) is 9.78. The first-order chi connectivity index (χ1) is 22.1. The van der Waals surface area contributed by atoms with Crippen molar-refractivity contribution < 1.29 is 28.4 Å². The summed E-state index contributed by atoms with van der Waals surface area (Å²) in [6, 6.07) is 14.7. The molecule has 0 aromatic heterocycles. The number of halogens is 2. The van der Waals surface area contributed by atoms with Crippen LogP contribution in [0, 0.1) is 39.1 Å². The molecule has 2 amide bonds. The van der Waals surface area contributed by atoms with Gasteiger partial charge in [-0.05, 0) is 61.1 Å². The molecule has 46 heavy (non-hydrogen) atoms. The van der Waals surface area contributed by atoms with E-state index in [1.165, 1.54) is 29.2 Å². The number of esters is 1. The molecule has 3 heterocycles. The molecule has 4 atom stereocenters. The molecule has 3 aromatic carbocycles. The molecule has 1 saturated carbocycles. The minimum absolute atomic E-state index is 0.0175.